The van der Waals surface area contributed by atoms with Crippen molar-refractivity contribution in [1.82, 2.24) is 30.0 Å². The fourth-order valence-electron chi connectivity index (χ4n) is 9.00. The van der Waals surface area contributed by atoms with Crippen molar-refractivity contribution in [3.63, 3.8) is 0 Å². The largest absolute Gasteiger partial charge is 0.445 e. The first-order valence-electron chi connectivity index (χ1n) is 23.3. The highest BCUT2D eigenvalue weighted by Crippen LogP contribution is 2.42. The van der Waals surface area contributed by atoms with Crippen LogP contribution in [0.4, 0.5) is 37.4 Å². The van der Waals surface area contributed by atoms with Crippen molar-refractivity contribution in [2.24, 2.45) is 10.8 Å². The number of aromatic nitrogens is 2. The fraction of sp³-hybridized carbons (Fsp3) is 0.490. The maximum Gasteiger partial charge on any atom is 0.410 e. The van der Waals surface area contributed by atoms with Crippen LogP contribution >= 0.6 is 0 Å². The van der Waals surface area contributed by atoms with Gasteiger partial charge in [-0.3, -0.25) is 4.79 Å². The lowest BCUT2D eigenvalue weighted by molar-refractivity contribution is -0.118. The maximum absolute atomic E-state index is 13.6. The number of nitrogens with zero attached hydrogens (tertiary/aromatic N) is 6. The Labute approximate surface area is 389 Å². The van der Waals surface area contributed by atoms with Crippen molar-refractivity contribution >= 4 is 47.1 Å². The number of alkyl carbamates (subject to hydrolysis) is 1. The summed E-state index contributed by atoms with van der Waals surface area (Å²) >= 11 is 0. The number of likely N-dealkylation sites (tertiary alicyclic amines) is 2. The molecule has 15 heteroatoms. The maximum atomic E-state index is 13.6. The molecule has 4 aromatic rings. The van der Waals surface area contributed by atoms with Gasteiger partial charge in [0.05, 0.1) is 11.9 Å². The van der Waals surface area contributed by atoms with Crippen LogP contribution < -0.4 is 20.9 Å². The molecule has 0 radical (unpaired) electrons. The average molecular weight is 902 g/mol. The number of amides is 5. The molecule has 1 atom stereocenters. The summed E-state index contributed by atoms with van der Waals surface area (Å²) in [5, 5.41) is 9.13. The third kappa shape index (κ3) is 12.9. The Morgan fingerprint density at radius 1 is 0.742 bits per heavy atom. The molecule has 3 fully saturated rings. The number of anilines is 4. The average Bonchev–Trinajstić information content (AvgIpc) is 3.28. The van der Waals surface area contributed by atoms with Crippen LogP contribution in [0.1, 0.15) is 84.8 Å². The van der Waals surface area contributed by atoms with Gasteiger partial charge in [-0.1, -0.05) is 57.2 Å². The molecule has 352 valence electrons. The van der Waals surface area contributed by atoms with E-state index in [-0.39, 0.29) is 35.5 Å². The van der Waals surface area contributed by atoms with Gasteiger partial charge < -0.3 is 45.0 Å². The van der Waals surface area contributed by atoms with Crippen LogP contribution in [0.2, 0.25) is 0 Å². The lowest BCUT2D eigenvalue weighted by Gasteiger charge is -2.47. The smallest absolute Gasteiger partial charge is 0.410 e. The minimum Gasteiger partial charge on any atom is -0.445 e. The van der Waals surface area contributed by atoms with E-state index in [0.29, 0.717) is 57.2 Å². The molecule has 1 spiro atoms. The number of benzene rings is 2. The van der Waals surface area contributed by atoms with Gasteiger partial charge in [0.1, 0.15) is 29.9 Å². The minimum atomic E-state index is -0.777. The van der Waals surface area contributed by atoms with Crippen LogP contribution in [0.3, 0.4) is 0 Å². The normalized spacial score (nSPS) is 16.9. The van der Waals surface area contributed by atoms with E-state index in [1.807, 2.05) is 115 Å². The van der Waals surface area contributed by atoms with Crippen molar-refractivity contribution in [2.75, 3.05) is 67.9 Å². The first-order chi connectivity index (χ1) is 31.4. The molecule has 3 aliphatic rings. The van der Waals surface area contributed by atoms with Crippen LogP contribution in [0.15, 0.2) is 85.2 Å². The highest BCUT2D eigenvalue weighted by atomic mass is 16.6. The summed E-state index contributed by atoms with van der Waals surface area (Å²) in [4.78, 5) is 69.7. The van der Waals surface area contributed by atoms with E-state index in [1.54, 1.807) is 33.2 Å². The van der Waals surface area contributed by atoms with Crippen molar-refractivity contribution in [1.29, 1.82) is 0 Å². The summed E-state index contributed by atoms with van der Waals surface area (Å²) in [6.07, 6.45) is 6.91. The minimum absolute atomic E-state index is 0.112. The summed E-state index contributed by atoms with van der Waals surface area (Å²) in [5.41, 5.74) is 4.59. The Kier molecular flexibility index (Phi) is 14.7. The number of aryl methyl sites for hydroxylation is 1. The number of carbonyl (C=O) groups excluding carboxylic acids is 4. The second kappa shape index (κ2) is 20.4. The van der Waals surface area contributed by atoms with Gasteiger partial charge in [0.25, 0.3) is 0 Å². The first kappa shape index (κ1) is 47.6. The Bertz CT molecular complexity index is 2300. The van der Waals surface area contributed by atoms with Gasteiger partial charge in [-0.15, -0.1) is 0 Å². The molecule has 2 aromatic heterocycles. The summed E-state index contributed by atoms with van der Waals surface area (Å²) in [6.45, 7) is 19.2. The number of rotatable bonds is 10. The van der Waals surface area contributed by atoms with E-state index in [2.05, 4.69) is 25.8 Å². The predicted molar refractivity (Wildman–Crippen MR) is 258 cm³/mol. The number of hydrogen-bond acceptors (Lipinski definition) is 10. The van der Waals surface area contributed by atoms with Crippen LogP contribution in [-0.2, 0) is 20.9 Å². The fourth-order valence-corrected chi connectivity index (χ4v) is 9.00. The Balaban J connectivity index is 0.856. The van der Waals surface area contributed by atoms with Crippen molar-refractivity contribution in [3.8, 4) is 11.1 Å². The molecule has 3 aliphatic heterocycles. The third-order valence-electron chi connectivity index (χ3n) is 12.7. The zero-order chi connectivity index (χ0) is 47.1. The zero-order valence-corrected chi connectivity index (χ0v) is 39.7. The predicted octanol–water partition coefficient (Wildman–Crippen LogP) is 9.22. The van der Waals surface area contributed by atoms with E-state index in [1.165, 1.54) is 0 Å². The number of pyridine rings is 2. The van der Waals surface area contributed by atoms with Gasteiger partial charge in [0.2, 0.25) is 5.91 Å². The Hall–Kier alpha value is -6.38. The van der Waals surface area contributed by atoms with E-state index in [9.17, 15) is 19.2 Å². The van der Waals surface area contributed by atoms with Gasteiger partial charge in [-0.2, -0.15) is 0 Å². The molecule has 0 saturated carbocycles. The van der Waals surface area contributed by atoms with E-state index in [4.69, 9.17) is 14.5 Å². The standard InChI is InChI=1S/C51H67N9O6/c1-36-31-39(55-45(61)42(33-49(2,3)4)56-46(62)66-50(5,6)7)13-15-41(36)38-17-22-52-43(32-38)54-40-14-16-44(53-34-40)57-27-29-59(30-28-57)47(63)58-23-18-51(19-24-58)20-25-60(26-21-51)48(64)65-35-37-11-9-8-10-12-37/h8-17,22,31-32,34,42H,18-21,23-30,33,35H2,1-7H3,(H,52,54)(H,55,61)(H,56,62)/t42-/m1/s1. The number of piperazine rings is 1. The van der Waals surface area contributed by atoms with Gasteiger partial charge in [-0.05, 0) is 129 Å². The van der Waals surface area contributed by atoms with E-state index >= 15 is 0 Å². The molecule has 3 saturated heterocycles. The molecule has 2 aromatic carbocycles. The van der Waals surface area contributed by atoms with Gasteiger partial charge >= 0.3 is 18.2 Å². The lowest BCUT2D eigenvalue weighted by atomic mass is 9.71. The van der Waals surface area contributed by atoms with Crippen LogP contribution in [0.5, 0.6) is 0 Å². The summed E-state index contributed by atoms with van der Waals surface area (Å²) < 4.78 is 11.0. The van der Waals surface area contributed by atoms with Gasteiger partial charge in [-0.25, -0.2) is 24.4 Å². The molecule has 0 unspecified atom stereocenters. The number of nitrogens with one attached hydrogen (secondary N) is 3. The monoisotopic (exact) mass is 902 g/mol. The molecule has 66 heavy (non-hydrogen) atoms. The van der Waals surface area contributed by atoms with Gasteiger partial charge in [0.15, 0.2) is 0 Å². The molecule has 5 heterocycles. The topological polar surface area (TPSA) is 162 Å². The molecule has 0 aliphatic carbocycles. The van der Waals surface area contributed by atoms with Crippen molar-refractivity contribution in [3.05, 3.63) is 96.3 Å². The second-order valence-electron chi connectivity index (χ2n) is 20.2. The summed E-state index contributed by atoms with van der Waals surface area (Å²) in [7, 11) is 0. The van der Waals surface area contributed by atoms with Crippen molar-refractivity contribution in [2.45, 2.75) is 98.8 Å². The molecular formula is C51H67N9O6. The molecule has 3 N–H and O–H groups in total. The SMILES string of the molecule is Cc1cc(NC(=O)[C@@H](CC(C)(C)C)NC(=O)OC(C)(C)C)ccc1-c1ccnc(Nc2ccc(N3CCN(C(=O)N4CCC5(CCN(C(=O)OCc6ccccc6)CC5)CC4)CC3)nc2)c1. The van der Waals surface area contributed by atoms with Crippen molar-refractivity contribution < 1.29 is 28.7 Å². The first-order valence-corrected chi connectivity index (χ1v) is 23.3. The number of piperidine rings is 2. The zero-order valence-electron chi connectivity index (χ0n) is 39.7. The summed E-state index contributed by atoms with van der Waals surface area (Å²) in [5.74, 6) is 1.21. The Morgan fingerprint density at radius 3 is 2.02 bits per heavy atom. The highest BCUT2D eigenvalue weighted by molar-refractivity contribution is 5.97. The van der Waals surface area contributed by atoms with Crippen LogP contribution in [-0.4, -0.2) is 113 Å². The number of urea groups is 1. The van der Waals surface area contributed by atoms with Gasteiger partial charge in [0, 0.05) is 64.2 Å². The molecule has 0 bridgehead atoms. The second-order valence-corrected chi connectivity index (χ2v) is 20.2. The molecule has 7 rings (SSSR count). The highest BCUT2D eigenvalue weighted by Gasteiger charge is 2.41. The number of ether oxygens (including phenoxy) is 2. The Morgan fingerprint density at radius 2 is 1.39 bits per heavy atom. The van der Waals surface area contributed by atoms with E-state index in [0.717, 1.165) is 72.5 Å². The molecule has 5 amide bonds. The molecule has 15 nitrogen and oxygen atoms in total. The van der Waals surface area contributed by atoms with Crippen LogP contribution in [0, 0.1) is 17.8 Å². The van der Waals surface area contributed by atoms with Crippen LogP contribution in [0.25, 0.3) is 11.1 Å². The molecular weight excluding hydrogens is 835 g/mol. The van der Waals surface area contributed by atoms with E-state index < -0.39 is 17.7 Å². The number of carbonyl (C=O) groups is 4. The third-order valence-corrected chi connectivity index (χ3v) is 12.7. The quantitative estimate of drug-likeness (QED) is 0.140. The number of hydrogen-bond donors (Lipinski definition) is 3. The lowest BCUT2D eigenvalue weighted by Crippen LogP contribution is -2.56. The summed E-state index contributed by atoms with van der Waals surface area (Å²) in [6, 6.07) is 22.7.